The first-order valence-electron chi connectivity index (χ1n) is 7.87. The molecule has 2 aliphatic rings. The molecule has 1 aromatic carbocycles. The second kappa shape index (κ2) is 7.32. The number of rotatable bonds is 2. The van der Waals surface area contributed by atoms with E-state index in [4.69, 9.17) is 4.74 Å². The molecule has 1 amide bonds. The molecule has 0 aromatic heterocycles. The monoisotopic (exact) mass is 305 g/mol. The smallest absolute Gasteiger partial charge is 0.225 e. The van der Waals surface area contributed by atoms with Gasteiger partial charge in [-0.15, -0.1) is 0 Å². The minimum absolute atomic E-state index is 0.192. The highest BCUT2D eigenvalue weighted by atomic mass is 32.2. The van der Waals surface area contributed by atoms with Crippen LogP contribution < -0.4 is 0 Å². The summed E-state index contributed by atoms with van der Waals surface area (Å²) in [4.78, 5) is 14.7. The molecule has 21 heavy (non-hydrogen) atoms. The Kier molecular flexibility index (Phi) is 5.20. The van der Waals surface area contributed by atoms with Crippen molar-refractivity contribution in [3.8, 4) is 0 Å². The van der Waals surface area contributed by atoms with Crippen LogP contribution in [-0.4, -0.2) is 42.9 Å². The third-order valence-electron chi connectivity index (χ3n) is 4.40. The highest BCUT2D eigenvalue weighted by Crippen LogP contribution is 2.34. The van der Waals surface area contributed by atoms with E-state index >= 15 is 0 Å². The maximum atomic E-state index is 12.6. The van der Waals surface area contributed by atoms with Crippen LogP contribution >= 0.6 is 11.8 Å². The topological polar surface area (TPSA) is 29.5 Å². The van der Waals surface area contributed by atoms with Crippen molar-refractivity contribution in [2.75, 3.05) is 32.1 Å². The number of benzene rings is 1. The number of carbonyl (C=O) groups excluding carboxylic acids is 1. The molecule has 0 N–H and O–H groups in total. The van der Waals surface area contributed by atoms with E-state index in [2.05, 4.69) is 35.2 Å². The van der Waals surface area contributed by atoms with Gasteiger partial charge in [0.15, 0.2) is 0 Å². The quantitative estimate of drug-likeness (QED) is 0.841. The second-order valence-corrected chi connectivity index (χ2v) is 7.08. The van der Waals surface area contributed by atoms with Crippen LogP contribution in [0.3, 0.4) is 0 Å². The van der Waals surface area contributed by atoms with Crippen LogP contribution in [-0.2, 0) is 9.53 Å². The molecule has 2 aliphatic heterocycles. The maximum Gasteiger partial charge on any atom is 0.225 e. The first kappa shape index (κ1) is 14.9. The third kappa shape index (κ3) is 3.80. The number of hydrogen-bond donors (Lipinski definition) is 0. The summed E-state index contributed by atoms with van der Waals surface area (Å²) in [7, 11) is 0. The lowest BCUT2D eigenvalue weighted by atomic mass is 9.98. The van der Waals surface area contributed by atoms with Gasteiger partial charge in [-0.05, 0) is 24.8 Å². The van der Waals surface area contributed by atoms with E-state index in [0.717, 1.165) is 51.3 Å². The SMILES string of the molecule is O=C(C1CCOCC1)N1CCSC(c2ccccc2)CC1. The number of hydrogen-bond acceptors (Lipinski definition) is 3. The summed E-state index contributed by atoms with van der Waals surface area (Å²) >= 11 is 1.99. The molecular formula is C17H23NO2S. The summed E-state index contributed by atoms with van der Waals surface area (Å²) in [5.41, 5.74) is 1.39. The van der Waals surface area contributed by atoms with E-state index in [9.17, 15) is 4.79 Å². The lowest BCUT2D eigenvalue weighted by Crippen LogP contribution is -2.39. The zero-order valence-corrected chi connectivity index (χ0v) is 13.2. The first-order chi connectivity index (χ1) is 10.3. The van der Waals surface area contributed by atoms with Gasteiger partial charge < -0.3 is 9.64 Å². The molecule has 1 aromatic rings. The average Bonchev–Trinajstić information content (AvgIpc) is 2.82. The lowest BCUT2D eigenvalue weighted by molar-refractivity contribution is -0.138. The van der Waals surface area contributed by atoms with Gasteiger partial charge in [0.05, 0.1) is 0 Å². The fraction of sp³-hybridized carbons (Fsp3) is 0.588. The predicted molar refractivity (Wildman–Crippen MR) is 86.4 cm³/mol. The van der Waals surface area contributed by atoms with Crippen molar-refractivity contribution < 1.29 is 9.53 Å². The number of carbonyl (C=O) groups is 1. The molecule has 0 aliphatic carbocycles. The summed E-state index contributed by atoms with van der Waals surface area (Å²) in [6.07, 6.45) is 2.85. The van der Waals surface area contributed by atoms with E-state index in [1.54, 1.807) is 0 Å². The summed E-state index contributed by atoms with van der Waals surface area (Å²) in [5, 5.41) is 0.527. The van der Waals surface area contributed by atoms with Gasteiger partial charge in [-0.25, -0.2) is 0 Å². The molecular weight excluding hydrogens is 282 g/mol. The lowest BCUT2D eigenvalue weighted by Gasteiger charge is -2.28. The molecule has 0 saturated carbocycles. The Bertz CT molecular complexity index is 459. The van der Waals surface area contributed by atoms with Crippen molar-refractivity contribution >= 4 is 17.7 Å². The van der Waals surface area contributed by atoms with Crippen molar-refractivity contribution in [3.05, 3.63) is 35.9 Å². The number of nitrogens with zero attached hydrogens (tertiary/aromatic N) is 1. The van der Waals surface area contributed by atoms with E-state index < -0.39 is 0 Å². The van der Waals surface area contributed by atoms with E-state index in [1.165, 1.54) is 5.56 Å². The van der Waals surface area contributed by atoms with Crippen LogP contribution in [0.2, 0.25) is 0 Å². The molecule has 0 radical (unpaired) electrons. The Balaban J connectivity index is 1.59. The Labute approximate surface area is 131 Å². The third-order valence-corrected chi connectivity index (χ3v) is 5.72. The maximum absolute atomic E-state index is 12.6. The molecule has 0 bridgehead atoms. The van der Waals surface area contributed by atoms with E-state index in [1.807, 2.05) is 11.8 Å². The largest absolute Gasteiger partial charge is 0.381 e. The molecule has 1 unspecified atom stereocenters. The van der Waals surface area contributed by atoms with Gasteiger partial charge >= 0.3 is 0 Å². The zero-order chi connectivity index (χ0) is 14.5. The van der Waals surface area contributed by atoms with Crippen LogP contribution in [0, 0.1) is 5.92 Å². The van der Waals surface area contributed by atoms with E-state index in [0.29, 0.717) is 11.2 Å². The number of amides is 1. The van der Waals surface area contributed by atoms with Crippen LogP contribution in [0.25, 0.3) is 0 Å². The Morgan fingerprint density at radius 3 is 2.62 bits per heavy atom. The molecule has 0 spiro atoms. The van der Waals surface area contributed by atoms with Crippen molar-refractivity contribution in [2.45, 2.75) is 24.5 Å². The first-order valence-corrected chi connectivity index (χ1v) is 8.92. The minimum Gasteiger partial charge on any atom is -0.381 e. The van der Waals surface area contributed by atoms with Gasteiger partial charge in [0, 0.05) is 43.2 Å². The summed E-state index contributed by atoms with van der Waals surface area (Å²) in [5.74, 6) is 1.58. The van der Waals surface area contributed by atoms with Gasteiger partial charge in [-0.2, -0.15) is 11.8 Å². The average molecular weight is 305 g/mol. The molecule has 2 heterocycles. The zero-order valence-electron chi connectivity index (χ0n) is 12.4. The Morgan fingerprint density at radius 1 is 1.10 bits per heavy atom. The fourth-order valence-electron chi connectivity index (χ4n) is 3.13. The number of thioether (sulfide) groups is 1. The van der Waals surface area contributed by atoms with Crippen molar-refractivity contribution in [1.29, 1.82) is 0 Å². The van der Waals surface area contributed by atoms with Crippen LogP contribution in [0.4, 0.5) is 0 Å². The van der Waals surface area contributed by atoms with Gasteiger partial charge in [0.2, 0.25) is 5.91 Å². The molecule has 2 saturated heterocycles. The predicted octanol–water partition coefficient (Wildman–Crippen LogP) is 3.12. The standard InChI is InChI=1S/C17H23NO2S/c19-17(15-7-11-20-12-8-15)18-9-6-16(21-13-10-18)14-4-2-1-3-5-14/h1-5,15-16H,6-13H2. The Morgan fingerprint density at radius 2 is 1.86 bits per heavy atom. The molecule has 4 heteroatoms. The van der Waals surface area contributed by atoms with E-state index in [-0.39, 0.29) is 5.92 Å². The van der Waals surface area contributed by atoms with Crippen molar-refractivity contribution in [3.63, 3.8) is 0 Å². The Hall–Kier alpha value is -1.00. The molecule has 114 valence electrons. The highest BCUT2D eigenvalue weighted by molar-refractivity contribution is 7.99. The van der Waals surface area contributed by atoms with Crippen molar-refractivity contribution in [2.24, 2.45) is 5.92 Å². The molecule has 2 fully saturated rings. The van der Waals surface area contributed by atoms with Crippen LogP contribution in [0.5, 0.6) is 0 Å². The normalized spacial score (nSPS) is 24.6. The van der Waals surface area contributed by atoms with Gasteiger partial charge in [-0.3, -0.25) is 4.79 Å². The van der Waals surface area contributed by atoms with Crippen LogP contribution in [0.15, 0.2) is 30.3 Å². The summed E-state index contributed by atoms with van der Waals surface area (Å²) < 4.78 is 5.36. The summed E-state index contributed by atoms with van der Waals surface area (Å²) in [6.45, 7) is 3.27. The molecule has 3 nitrogen and oxygen atoms in total. The fourth-order valence-corrected chi connectivity index (χ4v) is 4.36. The second-order valence-electron chi connectivity index (χ2n) is 5.77. The van der Waals surface area contributed by atoms with Crippen LogP contribution in [0.1, 0.15) is 30.1 Å². The summed E-state index contributed by atoms with van der Waals surface area (Å²) in [6, 6.07) is 10.7. The molecule has 1 atom stereocenters. The minimum atomic E-state index is 0.192. The number of ether oxygens (including phenoxy) is 1. The van der Waals surface area contributed by atoms with Gasteiger partial charge in [0.25, 0.3) is 0 Å². The van der Waals surface area contributed by atoms with Gasteiger partial charge in [-0.1, -0.05) is 30.3 Å². The van der Waals surface area contributed by atoms with Crippen molar-refractivity contribution in [1.82, 2.24) is 4.90 Å². The highest BCUT2D eigenvalue weighted by Gasteiger charge is 2.28. The van der Waals surface area contributed by atoms with Gasteiger partial charge in [0.1, 0.15) is 0 Å². The molecule has 3 rings (SSSR count).